The van der Waals surface area contributed by atoms with E-state index >= 15 is 0 Å². The number of benzene rings is 1. The molecule has 0 N–H and O–H groups in total. The molecule has 3 aromatic rings. The number of halogens is 1. The largest absolute Gasteiger partial charge is 0.296 e. The molecule has 94 valence electrons. The predicted octanol–water partition coefficient (Wildman–Crippen LogP) is 3.88. The fourth-order valence-corrected chi connectivity index (χ4v) is 2.46. The number of hydrogen-bond acceptors (Lipinski definition) is 2. The number of hydrogen-bond donors (Lipinski definition) is 0. The highest BCUT2D eigenvalue weighted by Gasteiger charge is 2.13. The molecule has 0 unspecified atom stereocenters. The highest BCUT2D eigenvalue weighted by atomic mass is 79.9. The van der Waals surface area contributed by atoms with E-state index in [1.807, 2.05) is 53.8 Å². The van der Waals surface area contributed by atoms with Crippen LogP contribution in [-0.4, -0.2) is 15.7 Å². The van der Waals surface area contributed by atoms with Crippen LogP contribution in [0.2, 0.25) is 0 Å². The standard InChI is InChI=1S/C15H11BrN2O/c1-10-3-2-4-14-13(9-19)17-15(18(10)14)11-5-7-12(16)8-6-11/h2-9H,1H3. The molecule has 19 heavy (non-hydrogen) atoms. The van der Waals surface area contributed by atoms with Crippen LogP contribution in [0.25, 0.3) is 16.9 Å². The van der Waals surface area contributed by atoms with Crippen LogP contribution in [0.1, 0.15) is 16.2 Å². The fourth-order valence-electron chi connectivity index (χ4n) is 2.20. The fraction of sp³-hybridized carbons (Fsp3) is 0.0667. The van der Waals surface area contributed by atoms with Gasteiger partial charge < -0.3 is 0 Å². The molecule has 3 rings (SSSR count). The molecular formula is C15H11BrN2O. The van der Waals surface area contributed by atoms with Crippen LogP contribution in [0, 0.1) is 6.92 Å². The van der Waals surface area contributed by atoms with Crippen LogP contribution in [0.4, 0.5) is 0 Å². The lowest BCUT2D eigenvalue weighted by Gasteiger charge is -2.05. The van der Waals surface area contributed by atoms with E-state index < -0.39 is 0 Å². The van der Waals surface area contributed by atoms with Crippen LogP contribution in [0.15, 0.2) is 46.9 Å². The van der Waals surface area contributed by atoms with Crippen molar-refractivity contribution in [2.45, 2.75) is 6.92 Å². The van der Waals surface area contributed by atoms with Crippen molar-refractivity contribution in [1.82, 2.24) is 9.38 Å². The van der Waals surface area contributed by atoms with Crippen LogP contribution in [-0.2, 0) is 0 Å². The van der Waals surface area contributed by atoms with Gasteiger partial charge in [-0.1, -0.05) is 34.1 Å². The van der Waals surface area contributed by atoms with Gasteiger partial charge >= 0.3 is 0 Å². The van der Waals surface area contributed by atoms with Crippen molar-refractivity contribution >= 4 is 27.7 Å². The molecule has 0 aliphatic carbocycles. The number of carbonyl (C=O) groups is 1. The third-order valence-corrected chi connectivity index (χ3v) is 3.63. The number of nitrogens with zero attached hydrogens (tertiary/aromatic N) is 2. The number of aryl methyl sites for hydroxylation is 1. The summed E-state index contributed by atoms with van der Waals surface area (Å²) in [4.78, 5) is 15.6. The summed E-state index contributed by atoms with van der Waals surface area (Å²) in [6.45, 7) is 2.01. The maximum Gasteiger partial charge on any atom is 0.170 e. The van der Waals surface area contributed by atoms with E-state index in [4.69, 9.17) is 0 Å². The normalized spacial score (nSPS) is 10.8. The van der Waals surface area contributed by atoms with Crippen LogP contribution in [0.5, 0.6) is 0 Å². The number of pyridine rings is 1. The molecule has 0 amide bonds. The Kier molecular flexibility index (Phi) is 2.95. The number of carbonyl (C=O) groups excluding carboxylic acids is 1. The maximum absolute atomic E-state index is 11.1. The van der Waals surface area contributed by atoms with Crippen molar-refractivity contribution in [3.63, 3.8) is 0 Å². The van der Waals surface area contributed by atoms with Crippen molar-refractivity contribution in [3.8, 4) is 11.4 Å². The molecule has 0 saturated heterocycles. The minimum atomic E-state index is 0.474. The first-order valence-electron chi connectivity index (χ1n) is 5.90. The minimum absolute atomic E-state index is 0.474. The van der Waals surface area contributed by atoms with Gasteiger partial charge in [-0.15, -0.1) is 0 Å². The van der Waals surface area contributed by atoms with Gasteiger partial charge in [0.2, 0.25) is 0 Å². The van der Waals surface area contributed by atoms with E-state index in [-0.39, 0.29) is 0 Å². The van der Waals surface area contributed by atoms with Gasteiger partial charge in [0.05, 0.1) is 5.52 Å². The van der Waals surface area contributed by atoms with E-state index in [0.29, 0.717) is 5.69 Å². The van der Waals surface area contributed by atoms with Crippen LogP contribution >= 0.6 is 15.9 Å². The summed E-state index contributed by atoms with van der Waals surface area (Å²) >= 11 is 3.42. The maximum atomic E-state index is 11.1. The highest BCUT2D eigenvalue weighted by Crippen LogP contribution is 2.25. The Labute approximate surface area is 119 Å². The Hall–Kier alpha value is -1.94. The first kappa shape index (κ1) is 12.1. The van der Waals surface area contributed by atoms with Gasteiger partial charge in [0.15, 0.2) is 6.29 Å². The monoisotopic (exact) mass is 314 g/mol. The molecule has 0 saturated carbocycles. The highest BCUT2D eigenvalue weighted by molar-refractivity contribution is 9.10. The van der Waals surface area contributed by atoms with Gasteiger partial charge in [0, 0.05) is 15.7 Å². The third kappa shape index (κ3) is 1.98. The number of aldehydes is 1. The second-order valence-corrected chi connectivity index (χ2v) is 5.25. The van der Waals surface area contributed by atoms with Crippen molar-refractivity contribution in [1.29, 1.82) is 0 Å². The average molecular weight is 315 g/mol. The van der Waals surface area contributed by atoms with Crippen molar-refractivity contribution in [2.24, 2.45) is 0 Å². The summed E-state index contributed by atoms with van der Waals surface area (Å²) in [6.07, 6.45) is 0.803. The first-order chi connectivity index (χ1) is 9.20. The zero-order chi connectivity index (χ0) is 13.4. The molecule has 0 fully saturated rings. The molecule has 0 aliphatic rings. The second-order valence-electron chi connectivity index (χ2n) is 4.33. The number of imidazole rings is 1. The van der Waals surface area contributed by atoms with E-state index in [0.717, 1.165) is 33.4 Å². The Bertz CT molecular complexity index is 760. The van der Waals surface area contributed by atoms with Gasteiger partial charge in [-0.3, -0.25) is 9.20 Å². The summed E-state index contributed by atoms with van der Waals surface area (Å²) in [5.41, 5.74) is 3.35. The molecule has 1 aromatic carbocycles. The first-order valence-corrected chi connectivity index (χ1v) is 6.69. The molecule has 0 bridgehead atoms. The van der Waals surface area contributed by atoms with Gasteiger partial charge in [0.25, 0.3) is 0 Å². The second kappa shape index (κ2) is 4.63. The van der Waals surface area contributed by atoms with Crippen molar-refractivity contribution in [3.05, 3.63) is 58.3 Å². The van der Waals surface area contributed by atoms with Crippen molar-refractivity contribution in [2.75, 3.05) is 0 Å². The van der Waals surface area contributed by atoms with E-state index in [1.165, 1.54) is 0 Å². The van der Waals surface area contributed by atoms with Gasteiger partial charge in [0.1, 0.15) is 11.5 Å². The van der Waals surface area contributed by atoms with Gasteiger partial charge in [-0.25, -0.2) is 4.98 Å². The molecule has 0 radical (unpaired) electrons. The van der Waals surface area contributed by atoms with Crippen molar-refractivity contribution < 1.29 is 4.79 Å². The van der Waals surface area contributed by atoms with Gasteiger partial charge in [-0.05, 0) is 31.2 Å². The molecule has 2 aromatic heterocycles. The van der Waals surface area contributed by atoms with E-state index in [1.54, 1.807) is 0 Å². The Morgan fingerprint density at radius 3 is 2.58 bits per heavy atom. The Morgan fingerprint density at radius 2 is 1.89 bits per heavy atom. The molecule has 4 heteroatoms. The summed E-state index contributed by atoms with van der Waals surface area (Å²) in [5, 5.41) is 0. The molecule has 0 spiro atoms. The summed E-state index contributed by atoms with van der Waals surface area (Å²) in [5.74, 6) is 0.794. The Balaban J connectivity index is 2.35. The smallest absolute Gasteiger partial charge is 0.170 e. The summed E-state index contributed by atoms with van der Waals surface area (Å²) in [6, 6.07) is 13.8. The molecule has 2 heterocycles. The Morgan fingerprint density at radius 1 is 1.16 bits per heavy atom. The quantitative estimate of drug-likeness (QED) is 0.673. The lowest BCUT2D eigenvalue weighted by molar-refractivity contribution is 0.112. The number of rotatable bonds is 2. The van der Waals surface area contributed by atoms with E-state index in [2.05, 4.69) is 20.9 Å². The molecule has 0 atom stereocenters. The topological polar surface area (TPSA) is 34.4 Å². The SMILES string of the molecule is Cc1cccc2c(C=O)nc(-c3ccc(Br)cc3)n12. The molecule has 3 nitrogen and oxygen atoms in total. The zero-order valence-electron chi connectivity index (χ0n) is 10.3. The average Bonchev–Trinajstić information content (AvgIpc) is 2.80. The lowest BCUT2D eigenvalue weighted by Crippen LogP contribution is -1.93. The lowest BCUT2D eigenvalue weighted by atomic mass is 10.2. The predicted molar refractivity (Wildman–Crippen MR) is 78.5 cm³/mol. The summed E-state index contributed by atoms with van der Waals surface area (Å²) in [7, 11) is 0. The summed E-state index contributed by atoms with van der Waals surface area (Å²) < 4.78 is 3.02. The number of aromatic nitrogens is 2. The zero-order valence-corrected chi connectivity index (χ0v) is 11.9. The molecule has 0 aliphatic heterocycles. The van der Waals surface area contributed by atoms with Gasteiger partial charge in [-0.2, -0.15) is 0 Å². The third-order valence-electron chi connectivity index (χ3n) is 3.10. The molecular weight excluding hydrogens is 304 g/mol. The van der Waals surface area contributed by atoms with Crippen LogP contribution in [0.3, 0.4) is 0 Å². The minimum Gasteiger partial charge on any atom is -0.296 e. The number of fused-ring (bicyclic) bond motifs is 1. The van der Waals surface area contributed by atoms with Crippen LogP contribution < -0.4 is 0 Å². The van der Waals surface area contributed by atoms with E-state index in [9.17, 15) is 4.79 Å².